The molecule has 3 heterocycles. The Morgan fingerprint density at radius 3 is 2.45 bits per heavy atom. The van der Waals surface area contributed by atoms with Gasteiger partial charge in [0.15, 0.2) is 10.8 Å². The van der Waals surface area contributed by atoms with Crippen molar-refractivity contribution in [1.82, 2.24) is 14.9 Å². The van der Waals surface area contributed by atoms with Gasteiger partial charge in [-0.05, 0) is 31.2 Å². The number of carbonyl (C=O) groups excluding carboxylic acids is 1. The first kappa shape index (κ1) is 21.9. The van der Waals surface area contributed by atoms with Gasteiger partial charge in [0.1, 0.15) is 5.75 Å². The van der Waals surface area contributed by atoms with Crippen LogP contribution in [0, 0.1) is 6.92 Å². The summed E-state index contributed by atoms with van der Waals surface area (Å²) in [6, 6.07) is 15.3. The Balaban J connectivity index is 1.34. The molecule has 2 aliphatic heterocycles. The summed E-state index contributed by atoms with van der Waals surface area (Å²) in [4.78, 5) is 24.9. The van der Waals surface area contributed by atoms with E-state index in [1.54, 1.807) is 12.4 Å². The second-order valence-corrected chi connectivity index (χ2v) is 9.11. The molecule has 5 rings (SSSR count). The number of rotatable bonds is 5. The Morgan fingerprint density at radius 1 is 1.00 bits per heavy atom. The van der Waals surface area contributed by atoms with Gasteiger partial charge in [-0.25, -0.2) is 9.97 Å². The minimum atomic E-state index is -0.507. The average Bonchev–Trinajstić information content (AvgIpc) is 3.30. The number of aromatic nitrogens is 2. The van der Waals surface area contributed by atoms with E-state index >= 15 is 0 Å². The molecule has 7 nitrogen and oxygen atoms in total. The van der Waals surface area contributed by atoms with E-state index in [4.69, 9.17) is 14.2 Å². The van der Waals surface area contributed by atoms with Gasteiger partial charge in [0, 0.05) is 43.2 Å². The third-order valence-corrected chi connectivity index (χ3v) is 6.87. The molecular formula is C25H25N3O4S. The van der Waals surface area contributed by atoms with Crippen LogP contribution >= 0.6 is 11.8 Å². The molecule has 170 valence electrons. The van der Waals surface area contributed by atoms with E-state index in [0.29, 0.717) is 61.4 Å². The van der Waals surface area contributed by atoms with Gasteiger partial charge in [-0.15, -0.1) is 0 Å². The molecule has 2 saturated heterocycles. The fraction of sp³-hybridized carbons (Fsp3) is 0.320. The highest BCUT2D eigenvalue weighted by Crippen LogP contribution is 2.37. The number of piperidine rings is 1. The molecule has 1 aromatic heterocycles. The lowest BCUT2D eigenvalue weighted by Crippen LogP contribution is -2.47. The summed E-state index contributed by atoms with van der Waals surface area (Å²) in [5.74, 6) is 0.582. The molecule has 0 aliphatic carbocycles. The van der Waals surface area contributed by atoms with Gasteiger partial charge in [0.05, 0.1) is 18.8 Å². The quantitative estimate of drug-likeness (QED) is 0.543. The second-order valence-electron chi connectivity index (χ2n) is 8.08. The lowest BCUT2D eigenvalue weighted by Gasteiger charge is -2.37. The van der Waals surface area contributed by atoms with Crippen LogP contribution in [0.4, 0.5) is 0 Å². The number of amides is 1. The monoisotopic (exact) mass is 463 g/mol. The maximum atomic E-state index is 13.4. The van der Waals surface area contributed by atoms with Gasteiger partial charge in [-0.3, -0.25) is 4.79 Å². The Bertz CT molecular complexity index is 1120. The van der Waals surface area contributed by atoms with Crippen molar-refractivity contribution in [1.29, 1.82) is 0 Å². The molecule has 2 fully saturated rings. The van der Waals surface area contributed by atoms with E-state index in [0.717, 1.165) is 10.5 Å². The normalized spacial score (nSPS) is 17.3. The number of likely N-dealkylation sites (tertiary alicyclic amines) is 1. The van der Waals surface area contributed by atoms with Gasteiger partial charge in [0.2, 0.25) is 0 Å². The van der Waals surface area contributed by atoms with Crippen LogP contribution < -0.4 is 4.74 Å². The number of ether oxygens (including phenoxy) is 3. The van der Waals surface area contributed by atoms with Crippen molar-refractivity contribution in [2.24, 2.45) is 0 Å². The number of aryl methyl sites for hydroxylation is 1. The maximum Gasteiger partial charge on any atom is 0.255 e. The first-order chi connectivity index (χ1) is 16.1. The highest BCUT2D eigenvalue weighted by molar-refractivity contribution is 7.99. The van der Waals surface area contributed by atoms with Crippen LogP contribution in [0.25, 0.3) is 0 Å². The van der Waals surface area contributed by atoms with Gasteiger partial charge >= 0.3 is 0 Å². The predicted molar refractivity (Wildman–Crippen MR) is 124 cm³/mol. The first-order valence-corrected chi connectivity index (χ1v) is 11.8. The molecule has 3 aromatic rings. The van der Waals surface area contributed by atoms with Crippen molar-refractivity contribution in [2.45, 2.75) is 35.5 Å². The summed E-state index contributed by atoms with van der Waals surface area (Å²) in [7, 11) is 0. The lowest BCUT2D eigenvalue weighted by atomic mass is 10.0. The van der Waals surface area contributed by atoms with Crippen molar-refractivity contribution in [2.75, 3.05) is 26.3 Å². The molecule has 0 N–H and O–H groups in total. The minimum Gasteiger partial charge on any atom is -0.437 e. The van der Waals surface area contributed by atoms with E-state index < -0.39 is 5.79 Å². The van der Waals surface area contributed by atoms with Crippen molar-refractivity contribution in [3.63, 3.8) is 0 Å². The zero-order chi connectivity index (χ0) is 22.7. The second kappa shape index (κ2) is 9.51. The van der Waals surface area contributed by atoms with Crippen LogP contribution in [0.1, 0.15) is 28.8 Å². The molecule has 1 amide bonds. The Labute approximate surface area is 197 Å². The van der Waals surface area contributed by atoms with Crippen LogP contribution in [-0.2, 0) is 9.47 Å². The zero-order valence-electron chi connectivity index (χ0n) is 18.4. The van der Waals surface area contributed by atoms with Crippen LogP contribution in [0.5, 0.6) is 11.6 Å². The van der Waals surface area contributed by atoms with Crippen molar-refractivity contribution in [3.8, 4) is 11.6 Å². The first-order valence-electron chi connectivity index (χ1n) is 11.0. The van der Waals surface area contributed by atoms with E-state index in [9.17, 15) is 4.79 Å². The minimum absolute atomic E-state index is 0.00385. The Kier molecular flexibility index (Phi) is 6.30. The van der Waals surface area contributed by atoms with E-state index in [1.165, 1.54) is 11.8 Å². The topological polar surface area (TPSA) is 73.8 Å². The predicted octanol–water partition coefficient (Wildman–Crippen LogP) is 4.71. The molecular weight excluding hydrogens is 438 g/mol. The standard InChI is InChI=1S/C25H25N3O4S/c1-18-6-8-19(9-7-18)32-22-23(27-13-12-26-22)33-21-5-3-2-4-20(21)24(29)28-14-10-25(11-15-28)30-16-17-31-25/h2-9,12-13H,10-11,14-17H2,1H3. The summed E-state index contributed by atoms with van der Waals surface area (Å²) in [6.07, 6.45) is 4.60. The van der Waals surface area contributed by atoms with Gasteiger partial charge in [0.25, 0.3) is 11.8 Å². The van der Waals surface area contributed by atoms with Gasteiger partial charge in [-0.1, -0.05) is 41.6 Å². The molecule has 2 aromatic carbocycles. The fourth-order valence-corrected chi connectivity index (χ4v) is 4.93. The highest BCUT2D eigenvalue weighted by Gasteiger charge is 2.41. The third-order valence-electron chi connectivity index (χ3n) is 5.82. The Hall–Kier alpha value is -2.94. The van der Waals surface area contributed by atoms with Crippen molar-refractivity contribution < 1.29 is 19.0 Å². The van der Waals surface area contributed by atoms with Crippen molar-refractivity contribution in [3.05, 3.63) is 72.1 Å². The van der Waals surface area contributed by atoms with Gasteiger partial charge < -0.3 is 19.1 Å². The zero-order valence-corrected chi connectivity index (χ0v) is 19.2. The van der Waals surface area contributed by atoms with Crippen LogP contribution in [0.3, 0.4) is 0 Å². The number of hydrogen-bond donors (Lipinski definition) is 0. The van der Waals surface area contributed by atoms with Crippen molar-refractivity contribution >= 4 is 17.7 Å². The average molecular weight is 464 g/mol. The molecule has 8 heteroatoms. The van der Waals surface area contributed by atoms with Crippen LogP contribution in [0.15, 0.2) is 70.8 Å². The highest BCUT2D eigenvalue weighted by atomic mass is 32.2. The summed E-state index contributed by atoms with van der Waals surface area (Å²) in [5, 5.41) is 0.601. The molecule has 0 radical (unpaired) electrons. The van der Waals surface area contributed by atoms with Crippen LogP contribution in [-0.4, -0.2) is 52.9 Å². The summed E-state index contributed by atoms with van der Waals surface area (Å²) >= 11 is 1.38. The molecule has 0 saturated carbocycles. The maximum absolute atomic E-state index is 13.4. The SMILES string of the molecule is Cc1ccc(Oc2nccnc2Sc2ccccc2C(=O)N2CCC3(CC2)OCCO3)cc1. The summed E-state index contributed by atoms with van der Waals surface area (Å²) in [5.41, 5.74) is 1.79. The largest absolute Gasteiger partial charge is 0.437 e. The van der Waals surface area contributed by atoms with E-state index in [1.807, 2.05) is 60.4 Å². The molecule has 2 aliphatic rings. The summed E-state index contributed by atoms with van der Waals surface area (Å²) in [6.45, 7) is 4.48. The molecule has 33 heavy (non-hydrogen) atoms. The molecule has 0 bridgehead atoms. The summed E-state index contributed by atoms with van der Waals surface area (Å²) < 4.78 is 17.6. The molecule has 0 atom stereocenters. The molecule has 0 unspecified atom stereocenters. The van der Waals surface area contributed by atoms with Crippen LogP contribution in [0.2, 0.25) is 0 Å². The Morgan fingerprint density at radius 2 is 1.70 bits per heavy atom. The number of benzene rings is 2. The van der Waals surface area contributed by atoms with Gasteiger partial charge in [-0.2, -0.15) is 0 Å². The number of hydrogen-bond acceptors (Lipinski definition) is 7. The number of nitrogens with zero attached hydrogens (tertiary/aromatic N) is 3. The lowest BCUT2D eigenvalue weighted by molar-refractivity contribution is -0.181. The molecule has 1 spiro atoms. The smallest absolute Gasteiger partial charge is 0.255 e. The van der Waals surface area contributed by atoms with E-state index in [2.05, 4.69) is 9.97 Å². The van der Waals surface area contributed by atoms with E-state index in [-0.39, 0.29) is 5.91 Å². The number of carbonyl (C=O) groups is 1. The third kappa shape index (κ3) is 4.88. The fourth-order valence-electron chi connectivity index (χ4n) is 4.01.